The van der Waals surface area contributed by atoms with Crippen molar-refractivity contribution < 1.29 is 10.2 Å². The van der Waals surface area contributed by atoms with Crippen molar-refractivity contribution >= 4 is 0 Å². The van der Waals surface area contributed by atoms with Gasteiger partial charge in [0.1, 0.15) is 11.5 Å². The number of hydrogen-bond donors (Lipinski definition) is 3. The highest BCUT2D eigenvalue weighted by Crippen LogP contribution is 2.37. The van der Waals surface area contributed by atoms with E-state index in [-0.39, 0.29) is 23.1 Å². The first-order valence-corrected chi connectivity index (χ1v) is 10.9. The molecule has 0 bridgehead atoms. The molecule has 31 heavy (non-hydrogen) atoms. The number of hydrogen-bond acceptors (Lipinski definition) is 5. The SMILES string of the molecule is CC1CCN(Cc2ccc(-n3c(-c4cc(C(C)C)c(O)cc4O)n[nH]c3=O)cc2)CC1. The molecule has 1 saturated heterocycles. The van der Waals surface area contributed by atoms with Crippen molar-refractivity contribution in [3.63, 3.8) is 0 Å². The molecule has 0 saturated carbocycles. The van der Waals surface area contributed by atoms with Crippen molar-refractivity contribution in [1.29, 1.82) is 0 Å². The lowest BCUT2D eigenvalue weighted by molar-refractivity contribution is 0.185. The van der Waals surface area contributed by atoms with Crippen LogP contribution in [0.4, 0.5) is 0 Å². The van der Waals surface area contributed by atoms with Crippen molar-refractivity contribution in [3.05, 3.63) is 58.0 Å². The summed E-state index contributed by atoms with van der Waals surface area (Å²) in [5.41, 5.74) is 2.56. The fraction of sp³-hybridized carbons (Fsp3) is 0.417. The molecule has 0 aliphatic carbocycles. The second kappa shape index (κ2) is 8.59. The van der Waals surface area contributed by atoms with Gasteiger partial charge in [-0.15, -0.1) is 0 Å². The van der Waals surface area contributed by atoms with Crippen molar-refractivity contribution in [2.24, 2.45) is 5.92 Å². The van der Waals surface area contributed by atoms with Gasteiger partial charge in [-0.05, 0) is 67.1 Å². The molecule has 0 radical (unpaired) electrons. The van der Waals surface area contributed by atoms with Crippen LogP contribution in [0, 0.1) is 5.92 Å². The lowest BCUT2D eigenvalue weighted by Gasteiger charge is -2.30. The highest BCUT2D eigenvalue weighted by atomic mass is 16.3. The summed E-state index contributed by atoms with van der Waals surface area (Å²) in [6.07, 6.45) is 2.47. The summed E-state index contributed by atoms with van der Waals surface area (Å²) >= 11 is 0. The van der Waals surface area contributed by atoms with Gasteiger partial charge in [-0.1, -0.05) is 32.9 Å². The largest absolute Gasteiger partial charge is 0.508 e. The van der Waals surface area contributed by atoms with Crippen LogP contribution in [0.3, 0.4) is 0 Å². The van der Waals surface area contributed by atoms with E-state index in [0.717, 1.165) is 25.6 Å². The van der Waals surface area contributed by atoms with Gasteiger partial charge >= 0.3 is 5.69 Å². The number of phenolic OH excluding ortho intramolecular Hbond substituents is 2. The number of aromatic amines is 1. The first-order valence-electron chi connectivity index (χ1n) is 10.9. The number of rotatable bonds is 5. The molecule has 2 aromatic carbocycles. The molecule has 4 rings (SSSR count). The molecule has 2 heterocycles. The molecule has 1 fully saturated rings. The van der Waals surface area contributed by atoms with Crippen LogP contribution in [0.25, 0.3) is 17.1 Å². The normalized spacial score (nSPS) is 15.6. The third-order valence-corrected chi connectivity index (χ3v) is 6.16. The minimum Gasteiger partial charge on any atom is -0.508 e. The minimum absolute atomic E-state index is 0.0251. The van der Waals surface area contributed by atoms with Crippen molar-refractivity contribution in [2.75, 3.05) is 13.1 Å². The molecule has 7 nitrogen and oxygen atoms in total. The van der Waals surface area contributed by atoms with Crippen molar-refractivity contribution in [3.8, 4) is 28.6 Å². The molecule has 1 aliphatic rings. The number of phenols is 2. The number of nitrogens with zero attached hydrogens (tertiary/aromatic N) is 3. The Labute approximate surface area is 182 Å². The number of likely N-dealkylation sites (tertiary alicyclic amines) is 1. The Hall–Kier alpha value is -3.06. The van der Waals surface area contributed by atoms with Crippen LogP contribution in [-0.4, -0.2) is 43.0 Å². The molecule has 164 valence electrons. The first kappa shape index (κ1) is 21.2. The Balaban J connectivity index is 1.64. The maximum atomic E-state index is 12.5. The molecule has 1 aromatic heterocycles. The van der Waals surface area contributed by atoms with Crippen LogP contribution in [0.1, 0.15) is 50.7 Å². The molecule has 0 spiro atoms. The number of aromatic hydroxyl groups is 2. The Morgan fingerprint density at radius 2 is 1.77 bits per heavy atom. The van der Waals surface area contributed by atoms with Gasteiger partial charge in [0, 0.05) is 12.6 Å². The van der Waals surface area contributed by atoms with Gasteiger partial charge in [-0.2, -0.15) is 5.10 Å². The third kappa shape index (κ3) is 4.37. The van der Waals surface area contributed by atoms with E-state index in [2.05, 4.69) is 22.0 Å². The predicted molar refractivity (Wildman–Crippen MR) is 121 cm³/mol. The van der Waals surface area contributed by atoms with E-state index >= 15 is 0 Å². The van der Waals surface area contributed by atoms with Gasteiger partial charge in [-0.25, -0.2) is 14.5 Å². The van der Waals surface area contributed by atoms with Gasteiger partial charge in [0.15, 0.2) is 5.82 Å². The minimum atomic E-state index is -0.383. The lowest BCUT2D eigenvalue weighted by Crippen LogP contribution is -2.32. The second-order valence-corrected chi connectivity index (χ2v) is 8.90. The molecule has 0 unspecified atom stereocenters. The zero-order valence-electron chi connectivity index (χ0n) is 18.3. The summed E-state index contributed by atoms with van der Waals surface area (Å²) in [7, 11) is 0. The fourth-order valence-electron chi connectivity index (χ4n) is 4.18. The van der Waals surface area contributed by atoms with E-state index < -0.39 is 0 Å². The number of H-pyrrole nitrogens is 1. The summed E-state index contributed by atoms with van der Waals surface area (Å²) in [5.74, 6) is 1.06. The predicted octanol–water partition coefficient (Wildman–Crippen LogP) is 3.99. The van der Waals surface area contributed by atoms with E-state index in [1.807, 2.05) is 38.1 Å². The molecule has 0 atom stereocenters. The van der Waals surface area contributed by atoms with Crippen molar-refractivity contribution in [1.82, 2.24) is 19.7 Å². The molecule has 1 aliphatic heterocycles. The van der Waals surface area contributed by atoms with Gasteiger partial charge < -0.3 is 10.2 Å². The average Bonchev–Trinajstić information content (AvgIpc) is 3.11. The summed E-state index contributed by atoms with van der Waals surface area (Å²) in [6.45, 7) is 9.35. The lowest BCUT2D eigenvalue weighted by atomic mass is 9.98. The van der Waals surface area contributed by atoms with Crippen LogP contribution < -0.4 is 5.69 Å². The van der Waals surface area contributed by atoms with Crippen LogP contribution in [0.15, 0.2) is 41.2 Å². The van der Waals surface area contributed by atoms with E-state index in [9.17, 15) is 15.0 Å². The van der Waals surface area contributed by atoms with E-state index in [0.29, 0.717) is 22.6 Å². The highest BCUT2D eigenvalue weighted by Gasteiger charge is 2.20. The molecule has 7 heteroatoms. The number of aromatic nitrogens is 3. The zero-order chi connectivity index (χ0) is 22.1. The Bertz CT molecular complexity index is 1110. The van der Waals surface area contributed by atoms with Gasteiger partial charge in [0.05, 0.1) is 11.3 Å². The summed E-state index contributed by atoms with van der Waals surface area (Å²) in [4.78, 5) is 15.0. The third-order valence-electron chi connectivity index (χ3n) is 6.16. The number of nitrogens with one attached hydrogen (secondary N) is 1. The molecule has 0 amide bonds. The quantitative estimate of drug-likeness (QED) is 0.578. The average molecular weight is 423 g/mol. The molecular weight excluding hydrogens is 392 g/mol. The van der Waals surface area contributed by atoms with Gasteiger partial charge in [0.25, 0.3) is 0 Å². The van der Waals surface area contributed by atoms with Crippen LogP contribution >= 0.6 is 0 Å². The van der Waals surface area contributed by atoms with E-state index in [1.165, 1.54) is 29.0 Å². The number of benzene rings is 2. The first-order chi connectivity index (χ1) is 14.8. The highest BCUT2D eigenvalue weighted by molar-refractivity contribution is 5.69. The number of piperidine rings is 1. The van der Waals surface area contributed by atoms with E-state index in [1.54, 1.807) is 6.07 Å². The zero-order valence-corrected chi connectivity index (χ0v) is 18.3. The summed E-state index contributed by atoms with van der Waals surface area (Å²) < 4.78 is 1.45. The summed E-state index contributed by atoms with van der Waals surface area (Å²) in [6, 6.07) is 10.9. The maximum Gasteiger partial charge on any atom is 0.348 e. The Kier molecular flexibility index (Phi) is 5.87. The fourth-order valence-corrected chi connectivity index (χ4v) is 4.18. The monoisotopic (exact) mass is 422 g/mol. The topological polar surface area (TPSA) is 94.4 Å². The smallest absolute Gasteiger partial charge is 0.348 e. The van der Waals surface area contributed by atoms with Gasteiger partial charge in [0.2, 0.25) is 0 Å². The second-order valence-electron chi connectivity index (χ2n) is 8.90. The maximum absolute atomic E-state index is 12.5. The Morgan fingerprint density at radius 3 is 2.42 bits per heavy atom. The van der Waals surface area contributed by atoms with E-state index in [4.69, 9.17) is 0 Å². The van der Waals surface area contributed by atoms with Crippen LogP contribution in [-0.2, 0) is 6.54 Å². The summed E-state index contributed by atoms with van der Waals surface area (Å²) in [5, 5.41) is 27.2. The molecular formula is C24H30N4O3. The molecule has 3 N–H and O–H groups in total. The molecule has 3 aromatic rings. The Morgan fingerprint density at radius 1 is 1.10 bits per heavy atom. The van der Waals surface area contributed by atoms with Crippen molar-refractivity contribution in [2.45, 2.75) is 46.1 Å². The van der Waals surface area contributed by atoms with Crippen LogP contribution in [0.5, 0.6) is 11.5 Å². The van der Waals surface area contributed by atoms with Crippen LogP contribution in [0.2, 0.25) is 0 Å². The van der Waals surface area contributed by atoms with Gasteiger partial charge in [-0.3, -0.25) is 4.90 Å². The standard InChI is InChI=1S/C24H30N4O3/c1-15(2)19-12-20(22(30)13-21(19)29)23-25-26-24(31)28(23)18-6-4-17(5-7-18)14-27-10-8-16(3)9-11-27/h4-7,12-13,15-16,29-30H,8-11,14H2,1-3H3,(H,26,31).